The van der Waals surface area contributed by atoms with Crippen LogP contribution in [-0.2, 0) is 15.3 Å². The summed E-state index contributed by atoms with van der Waals surface area (Å²) in [5.74, 6) is -1.08. The molecule has 2 aromatic heterocycles. The Morgan fingerprint density at radius 3 is 2.46 bits per heavy atom. The molecule has 4 aromatic rings. The second-order valence-corrected chi connectivity index (χ2v) is 10.8. The zero-order chi connectivity index (χ0) is 27.4. The van der Waals surface area contributed by atoms with E-state index in [-0.39, 0.29) is 22.3 Å². The number of ketones is 1. The molecule has 1 aliphatic rings. The first-order valence-corrected chi connectivity index (χ1v) is 13.9. The number of aliphatic hydroxyl groups excluding tert-OH is 1. The molecule has 1 fully saturated rings. The number of aliphatic hydroxyl groups is 1. The van der Waals surface area contributed by atoms with Gasteiger partial charge < -0.3 is 9.84 Å². The van der Waals surface area contributed by atoms with Gasteiger partial charge in [-0.3, -0.25) is 19.5 Å². The Bertz CT molecular complexity index is 1510. The van der Waals surface area contributed by atoms with Crippen LogP contribution in [0.5, 0.6) is 5.75 Å². The topological polar surface area (TPSA) is 106 Å². The summed E-state index contributed by atoms with van der Waals surface area (Å²) in [5, 5.41) is 19.9. The normalized spacial score (nSPS) is 16.6. The minimum Gasteiger partial charge on any atom is -0.507 e. The summed E-state index contributed by atoms with van der Waals surface area (Å²) in [6, 6.07) is 15.3. The number of anilines is 1. The molecule has 198 valence electrons. The number of hydrogen-bond acceptors (Lipinski definition) is 9. The quantitative estimate of drug-likeness (QED) is 0.0900. The van der Waals surface area contributed by atoms with Gasteiger partial charge in [-0.05, 0) is 66.1 Å². The van der Waals surface area contributed by atoms with Gasteiger partial charge in [-0.2, -0.15) is 0 Å². The Kier molecular flexibility index (Phi) is 7.99. The number of carbonyl (C=O) groups is 2. The summed E-state index contributed by atoms with van der Waals surface area (Å²) in [7, 11) is 0. The monoisotopic (exact) mass is 562 g/mol. The Hall–Kier alpha value is -4.09. The third kappa shape index (κ3) is 5.69. The van der Waals surface area contributed by atoms with Crippen molar-refractivity contribution < 1.29 is 23.8 Å². The van der Waals surface area contributed by atoms with E-state index in [1.54, 1.807) is 60.9 Å². The largest absolute Gasteiger partial charge is 0.507 e. The predicted molar refractivity (Wildman–Crippen MR) is 147 cm³/mol. The number of ether oxygens (including phenoxy) is 1. The fourth-order valence-corrected chi connectivity index (χ4v) is 5.88. The van der Waals surface area contributed by atoms with Gasteiger partial charge in [-0.25, -0.2) is 4.39 Å². The molecule has 0 aliphatic carbocycles. The van der Waals surface area contributed by atoms with Crippen molar-refractivity contribution in [2.75, 3.05) is 11.5 Å². The summed E-state index contributed by atoms with van der Waals surface area (Å²) in [6.07, 6.45) is 3.97. The van der Waals surface area contributed by atoms with E-state index >= 15 is 0 Å². The van der Waals surface area contributed by atoms with E-state index in [0.717, 1.165) is 23.3 Å². The summed E-state index contributed by atoms with van der Waals surface area (Å²) in [4.78, 5) is 31.9. The van der Waals surface area contributed by atoms with Crippen LogP contribution in [0.3, 0.4) is 0 Å². The van der Waals surface area contributed by atoms with Gasteiger partial charge in [0.25, 0.3) is 5.78 Å². The van der Waals surface area contributed by atoms with Gasteiger partial charge in [-0.1, -0.05) is 42.2 Å². The van der Waals surface area contributed by atoms with E-state index in [2.05, 4.69) is 15.2 Å². The van der Waals surface area contributed by atoms with Crippen LogP contribution in [0.15, 0.2) is 83.0 Å². The van der Waals surface area contributed by atoms with Gasteiger partial charge in [0.2, 0.25) is 5.13 Å². The molecule has 1 aliphatic heterocycles. The van der Waals surface area contributed by atoms with Gasteiger partial charge in [0.05, 0.1) is 18.2 Å². The molecule has 0 bridgehead atoms. The molecule has 0 spiro atoms. The first kappa shape index (κ1) is 26.5. The van der Waals surface area contributed by atoms with Crippen LogP contribution in [0.4, 0.5) is 9.52 Å². The number of aromatic nitrogens is 3. The molecule has 1 unspecified atom stereocenters. The standard InChI is InChI=1S/C28H23FN4O4S2/c1-2-15-37-21-9-5-19(6-10-21)24(34)22-23(18-11-13-30-14-12-18)33(26(36)25(22)35)27-31-32-28(39-27)38-16-17-3-7-20(29)8-4-17/h3-14,23,34H,2,15-16H2,1H3/b24-22-. The van der Waals surface area contributed by atoms with Gasteiger partial charge in [0.1, 0.15) is 17.3 Å². The minimum atomic E-state index is -0.924. The number of pyridine rings is 1. The second kappa shape index (κ2) is 11.7. The van der Waals surface area contributed by atoms with Crippen LogP contribution < -0.4 is 9.64 Å². The maximum absolute atomic E-state index is 13.3. The number of hydrogen-bond donors (Lipinski definition) is 1. The van der Waals surface area contributed by atoms with Crippen LogP contribution in [0, 0.1) is 5.82 Å². The highest BCUT2D eigenvalue weighted by molar-refractivity contribution is 8.00. The van der Waals surface area contributed by atoms with Crippen molar-refractivity contribution in [3.8, 4) is 5.75 Å². The molecule has 11 heteroatoms. The number of amides is 1. The number of benzene rings is 2. The van der Waals surface area contributed by atoms with Crippen molar-refractivity contribution in [3.63, 3.8) is 0 Å². The first-order valence-electron chi connectivity index (χ1n) is 12.1. The van der Waals surface area contributed by atoms with Crippen molar-refractivity contribution in [2.24, 2.45) is 0 Å². The van der Waals surface area contributed by atoms with Crippen molar-refractivity contribution >= 4 is 45.7 Å². The first-order chi connectivity index (χ1) is 19.0. The third-order valence-electron chi connectivity index (χ3n) is 5.94. The highest BCUT2D eigenvalue weighted by Gasteiger charge is 2.48. The Labute approximate surface area is 232 Å². The van der Waals surface area contributed by atoms with Crippen molar-refractivity contribution in [3.05, 3.63) is 101 Å². The zero-order valence-electron chi connectivity index (χ0n) is 20.8. The molecular formula is C28H23FN4O4S2. The van der Waals surface area contributed by atoms with Crippen LogP contribution in [-0.4, -0.2) is 38.6 Å². The highest BCUT2D eigenvalue weighted by atomic mass is 32.2. The molecule has 3 heterocycles. The lowest BCUT2D eigenvalue weighted by atomic mass is 9.96. The summed E-state index contributed by atoms with van der Waals surface area (Å²) in [6.45, 7) is 2.56. The molecule has 0 saturated carbocycles. The van der Waals surface area contributed by atoms with E-state index in [1.807, 2.05) is 6.92 Å². The van der Waals surface area contributed by atoms with Crippen LogP contribution in [0.2, 0.25) is 0 Å². The van der Waals surface area contributed by atoms with Crippen molar-refractivity contribution in [2.45, 2.75) is 29.5 Å². The molecule has 1 amide bonds. The number of rotatable bonds is 9. The molecule has 1 N–H and O–H groups in total. The molecule has 39 heavy (non-hydrogen) atoms. The molecule has 1 atom stereocenters. The van der Waals surface area contributed by atoms with E-state index < -0.39 is 17.7 Å². The highest BCUT2D eigenvalue weighted by Crippen LogP contribution is 2.44. The van der Waals surface area contributed by atoms with Gasteiger partial charge in [0.15, 0.2) is 4.34 Å². The van der Waals surface area contributed by atoms with Crippen LogP contribution in [0.25, 0.3) is 5.76 Å². The zero-order valence-corrected chi connectivity index (χ0v) is 22.4. The van der Waals surface area contributed by atoms with E-state index in [9.17, 15) is 19.1 Å². The summed E-state index contributed by atoms with van der Waals surface area (Å²) >= 11 is 2.54. The van der Waals surface area contributed by atoms with E-state index in [0.29, 0.717) is 33.6 Å². The third-order valence-corrected chi connectivity index (χ3v) is 8.07. The fraction of sp³-hybridized carbons (Fsp3) is 0.179. The predicted octanol–water partition coefficient (Wildman–Crippen LogP) is 5.78. The smallest absolute Gasteiger partial charge is 0.301 e. The number of nitrogens with zero attached hydrogens (tertiary/aromatic N) is 4. The minimum absolute atomic E-state index is 0.0517. The Balaban J connectivity index is 1.48. The Morgan fingerprint density at radius 2 is 1.77 bits per heavy atom. The lowest BCUT2D eigenvalue weighted by molar-refractivity contribution is -0.132. The second-order valence-electron chi connectivity index (χ2n) is 8.59. The molecular weight excluding hydrogens is 539 g/mol. The van der Waals surface area contributed by atoms with Crippen LogP contribution in [0.1, 0.15) is 36.1 Å². The van der Waals surface area contributed by atoms with E-state index in [4.69, 9.17) is 4.74 Å². The number of Topliss-reactive ketones (excluding diaryl/α,β-unsaturated/α-hetero) is 1. The Morgan fingerprint density at radius 1 is 1.05 bits per heavy atom. The molecule has 8 nitrogen and oxygen atoms in total. The summed E-state index contributed by atoms with van der Waals surface area (Å²) in [5.41, 5.74) is 1.82. The van der Waals surface area contributed by atoms with Crippen molar-refractivity contribution in [1.82, 2.24) is 15.2 Å². The van der Waals surface area contributed by atoms with Crippen molar-refractivity contribution in [1.29, 1.82) is 0 Å². The SMILES string of the molecule is CCCOc1ccc(/C(O)=C2/C(=O)C(=O)N(c3nnc(SCc4ccc(F)cc4)s3)C2c2ccncc2)cc1. The average Bonchev–Trinajstić information content (AvgIpc) is 3.54. The summed E-state index contributed by atoms with van der Waals surface area (Å²) < 4.78 is 19.4. The molecule has 2 aromatic carbocycles. The number of thioether (sulfide) groups is 1. The molecule has 5 rings (SSSR count). The fourth-order valence-electron chi connectivity index (χ4n) is 4.06. The maximum Gasteiger partial charge on any atom is 0.301 e. The van der Waals surface area contributed by atoms with E-state index in [1.165, 1.54) is 28.8 Å². The number of halogens is 1. The number of carbonyl (C=O) groups excluding carboxylic acids is 2. The lowest BCUT2D eigenvalue weighted by Crippen LogP contribution is -2.29. The lowest BCUT2D eigenvalue weighted by Gasteiger charge is -2.22. The van der Waals surface area contributed by atoms with Crippen LogP contribution >= 0.6 is 23.1 Å². The van der Waals surface area contributed by atoms with Gasteiger partial charge in [-0.15, -0.1) is 10.2 Å². The average molecular weight is 563 g/mol. The molecule has 1 saturated heterocycles. The van der Waals surface area contributed by atoms with Gasteiger partial charge in [0, 0.05) is 23.7 Å². The molecule has 0 radical (unpaired) electrons. The van der Waals surface area contributed by atoms with Gasteiger partial charge >= 0.3 is 5.91 Å². The maximum atomic E-state index is 13.3.